The summed E-state index contributed by atoms with van der Waals surface area (Å²) in [6.07, 6.45) is -12.2. The smallest absolute Gasteiger partial charge is 0.406 e. The summed E-state index contributed by atoms with van der Waals surface area (Å²) in [5, 5.41) is 9.91. The van der Waals surface area contributed by atoms with Crippen LogP contribution in [-0.2, 0) is 6.54 Å². The molecule has 1 N–H and O–H groups in total. The molecule has 2 atom stereocenters. The highest BCUT2D eigenvalue weighted by Crippen LogP contribution is 2.42. The lowest BCUT2D eigenvalue weighted by molar-refractivity contribution is -0.274. The average molecular weight is 510 g/mol. The van der Waals surface area contributed by atoms with Gasteiger partial charge < -0.3 is 19.6 Å². The van der Waals surface area contributed by atoms with Crippen LogP contribution in [0.25, 0.3) is 0 Å². The molecule has 1 aliphatic rings. The minimum absolute atomic E-state index is 0.199. The summed E-state index contributed by atoms with van der Waals surface area (Å²) >= 11 is 0. The molecule has 3 aromatic rings. The maximum absolute atomic E-state index is 13.3. The number of alkyl halides is 6. The molecule has 0 bridgehead atoms. The first-order valence-electron chi connectivity index (χ1n) is 11.2. The van der Waals surface area contributed by atoms with Gasteiger partial charge in [0.05, 0.1) is 24.0 Å². The number of rotatable bonds is 6. The third kappa shape index (κ3) is 6.04. The molecule has 192 valence electrons. The second-order valence-corrected chi connectivity index (χ2v) is 8.70. The number of para-hydroxylation sites is 2. The molecule has 0 radical (unpaired) electrons. The van der Waals surface area contributed by atoms with Crippen LogP contribution in [0.1, 0.15) is 22.7 Å². The Bertz CT molecular complexity index is 1180. The highest BCUT2D eigenvalue weighted by molar-refractivity contribution is 5.74. The van der Waals surface area contributed by atoms with E-state index in [1.54, 1.807) is 30.3 Å². The molecule has 0 amide bonds. The van der Waals surface area contributed by atoms with Crippen LogP contribution in [0.3, 0.4) is 0 Å². The van der Waals surface area contributed by atoms with Gasteiger partial charge in [-0.05, 0) is 42.3 Å². The fourth-order valence-corrected chi connectivity index (χ4v) is 4.35. The second-order valence-electron chi connectivity index (χ2n) is 8.70. The number of fused-ring (bicyclic) bond motifs is 1. The van der Waals surface area contributed by atoms with E-state index in [1.807, 2.05) is 36.1 Å². The Hall–Kier alpha value is -3.40. The Morgan fingerprint density at radius 2 is 1.58 bits per heavy atom. The van der Waals surface area contributed by atoms with E-state index in [9.17, 15) is 31.4 Å². The second kappa shape index (κ2) is 9.93. The van der Waals surface area contributed by atoms with Gasteiger partial charge in [-0.15, -0.1) is 13.2 Å². The van der Waals surface area contributed by atoms with Crippen LogP contribution in [0.4, 0.5) is 37.7 Å². The molecule has 0 spiro atoms. The summed E-state index contributed by atoms with van der Waals surface area (Å²) in [5.74, 6) is -0.352. The summed E-state index contributed by atoms with van der Waals surface area (Å²) in [6, 6.07) is 19.3. The molecular formula is C26H24F6N2O2. The SMILES string of the molecule is Cc1ccc(C2CN(Cc3cccc(OC(F)(F)F)c3)c3ccccc3N2CC(O)C(F)(F)F)cc1. The van der Waals surface area contributed by atoms with Gasteiger partial charge in [0, 0.05) is 13.1 Å². The van der Waals surface area contributed by atoms with Crippen molar-refractivity contribution in [1.82, 2.24) is 0 Å². The van der Waals surface area contributed by atoms with E-state index in [0.29, 0.717) is 16.9 Å². The number of hydrogen-bond acceptors (Lipinski definition) is 4. The van der Waals surface area contributed by atoms with Crippen LogP contribution in [0.15, 0.2) is 72.8 Å². The molecule has 0 saturated heterocycles. The summed E-state index contributed by atoms with van der Waals surface area (Å²) in [4.78, 5) is 3.45. The lowest BCUT2D eigenvalue weighted by Crippen LogP contribution is -2.49. The Balaban J connectivity index is 1.71. The van der Waals surface area contributed by atoms with Crippen molar-refractivity contribution in [3.05, 3.63) is 89.5 Å². The summed E-state index contributed by atoms with van der Waals surface area (Å²) < 4.78 is 82.0. The number of ether oxygens (including phenoxy) is 1. The van der Waals surface area contributed by atoms with Gasteiger partial charge in [0.1, 0.15) is 5.75 Å². The van der Waals surface area contributed by atoms with E-state index in [1.165, 1.54) is 23.1 Å². The molecule has 36 heavy (non-hydrogen) atoms. The third-order valence-corrected chi connectivity index (χ3v) is 6.02. The van der Waals surface area contributed by atoms with Crippen LogP contribution in [0.5, 0.6) is 5.75 Å². The van der Waals surface area contributed by atoms with E-state index >= 15 is 0 Å². The van der Waals surface area contributed by atoms with E-state index < -0.39 is 31.2 Å². The standard InChI is InChI=1S/C26H24F6N2O2/c1-17-9-11-19(12-10-17)23-15-33(14-18-5-4-6-20(13-18)36-26(30,31)32)21-7-2-3-8-22(21)34(23)16-24(35)25(27,28)29/h2-13,23-24,35H,14-16H2,1H3. The van der Waals surface area contributed by atoms with Crippen LogP contribution < -0.4 is 14.5 Å². The molecule has 1 heterocycles. The first-order chi connectivity index (χ1) is 16.9. The summed E-state index contributed by atoms with van der Waals surface area (Å²) in [5.41, 5.74) is 3.37. The number of aryl methyl sites for hydroxylation is 1. The number of aliphatic hydroxyl groups excluding tert-OH is 1. The zero-order valence-electron chi connectivity index (χ0n) is 19.2. The van der Waals surface area contributed by atoms with Crippen LogP contribution in [-0.4, -0.2) is 36.8 Å². The van der Waals surface area contributed by atoms with Crippen molar-refractivity contribution in [1.29, 1.82) is 0 Å². The van der Waals surface area contributed by atoms with Crippen molar-refractivity contribution >= 4 is 11.4 Å². The molecule has 0 aromatic heterocycles. The lowest BCUT2D eigenvalue weighted by atomic mass is 9.97. The number of anilines is 2. The highest BCUT2D eigenvalue weighted by atomic mass is 19.4. The van der Waals surface area contributed by atoms with Crippen molar-refractivity contribution in [2.45, 2.75) is 38.2 Å². The molecule has 3 aromatic carbocycles. The fourth-order valence-electron chi connectivity index (χ4n) is 4.35. The Morgan fingerprint density at radius 3 is 2.22 bits per heavy atom. The molecule has 0 aliphatic carbocycles. The quantitative estimate of drug-likeness (QED) is 0.390. The largest absolute Gasteiger partial charge is 0.573 e. The number of β-amino-alcohol motifs (C(OH)–C–C–N with tert-alkyl or cyclic N) is 1. The normalized spacial score (nSPS) is 17.1. The molecular weight excluding hydrogens is 486 g/mol. The van der Waals surface area contributed by atoms with Gasteiger partial charge in [-0.3, -0.25) is 0 Å². The minimum Gasteiger partial charge on any atom is -0.406 e. The number of hydrogen-bond donors (Lipinski definition) is 1. The molecule has 10 heteroatoms. The zero-order valence-corrected chi connectivity index (χ0v) is 19.2. The molecule has 0 fully saturated rings. The predicted molar refractivity (Wildman–Crippen MR) is 124 cm³/mol. The Labute approximate surface area is 204 Å². The van der Waals surface area contributed by atoms with Gasteiger partial charge in [0.25, 0.3) is 0 Å². The molecule has 2 unspecified atom stereocenters. The maximum Gasteiger partial charge on any atom is 0.573 e. The predicted octanol–water partition coefficient (Wildman–Crippen LogP) is 6.38. The van der Waals surface area contributed by atoms with Gasteiger partial charge >= 0.3 is 12.5 Å². The fraction of sp³-hybridized carbons (Fsp3) is 0.308. The zero-order chi connectivity index (χ0) is 26.1. The van der Waals surface area contributed by atoms with Gasteiger partial charge in [0.2, 0.25) is 0 Å². The van der Waals surface area contributed by atoms with Crippen LogP contribution in [0, 0.1) is 6.92 Å². The van der Waals surface area contributed by atoms with Crippen LogP contribution >= 0.6 is 0 Å². The molecule has 1 aliphatic heterocycles. The average Bonchev–Trinajstić information content (AvgIpc) is 2.79. The molecule has 4 rings (SSSR count). The van der Waals surface area contributed by atoms with Crippen LogP contribution in [0.2, 0.25) is 0 Å². The summed E-state index contributed by atoms with van der Waals surface area (Å²) in [6.45, 7) is 1.67. The van der Waals surface area contributed by atoms with Crippen molar-refractivity contribution in [3.63, 3.8) is 0 Å². The van der Waals surface area contributed by atoms with Crippen molar-refractivity contribution in [3.8, 4) is 5.75 Å². The van der Waals surface area contributed by atoms with E-state index in [2.05, 4.69) is 4.74 Å². The van der Waals surface area contributed by atoms with E-state index in [4.69, 9.17) is 0 Å². The van der Waals surface area contributed by atoms with Crippen molar-refractivity contribution in [2.24, 2.45) is 0 Å². The topological polar surface area (TPSA) is 35.9 Å². The summed E-state index contributed by atoms with van der Waals surface area (Å²) in [7, 11) is 0. The van der Waals surface area contributed by atoms with Crippen molar-refractivity contribution in [2.75, 3.05) is 22.9 Å². The minimum atomic E-state index is -4.83. The van der Waals surface area contributed by atoms with Gasteiger partial charge in [-0.1, -0.05) is 54.1 Å². The molecule has 0 saturated carbocycles. The highest BCUT2D eigenvalue weighted by Gasteiger charge is 2.42. The Morgan fingerprint density at radius 1 is 0.917 bits per heavy atom. The maximum atomic E-state index is 13.3. The first kappa shape index (κ1) is 25.7. The number of halogens is 6. The van der Waals surface area contributed by atoms with E-state index in [0.717, 1.165) is 11.1 Å². The number of aliphatic hydroxyl groups is 1. The lowest BCUT2D eigenvalue weighted by Gasteiger charge is -2.45. The monoisotopic (exact) mass is 510 g/mol. The molecule has 4 nitrogen and oxygen atoms in total. The Kier molecular flexibility index (Phi) is 7.08. The first-order valence-corrected chi connectivity index (χ1v) is 11.2. The van der Waals surface area contributed by atoms with Gasteiger partial charge in [-0.2, -0.15) is 13.2 Å². The van der Waals surface area contributed by atoms with Gasteiger partial charge in [0.15, 0.2) is 6.10 Å². The van der Waals surface area contributed by atoms with E-state index in [-0.39, 0.29) is 18.8 Å². The number of benzene rings is 3. The van der Waals surface area contributed by atoms with Gasteiger partial charge in [-0.25, -0.2) is 0 Å². The number of nitrogens with zero attached hydrogens (tertiary/aromatic N) is 2. The third-order valence-electron chi connectivity index (χ3n) is 6.02. The van der Waals surface area contributed by atoms with Crippen molar-refractivity contribution < 1.29 is 36.2 Å².